The van der Waals surface area contributed by atoms with E-state index >= 15 is 0 Å². The van der Waals surface area contributed by atoms with E-state index in [1.807, 2.05) is 43.3 Å². The van der Waals surface area contributed by atoms with Crippen LogP contribution in [0.5, 0.6) is 0 Å². The number of nitrogens with zero attached hydrogens (tertiary/aromatic N) is 5. The zero-order chi connectivity index (χ0) is 18.0. The van der Waals surface area contributed by atoms with Gasteiger partial charge >= 0.3 is 0 Å². The second-order valence-corrected chi connectivity index (χ2v) is 7.22. The molecule has 0 saturated carbocycles. The van der Waals surface area contributed by atoms with E-state index in [-0.39, 0.29) is 17.7 Å². The van der Waals surface area contributed by atoms with Gasteiger partial charge in [-0.2, -0.15) is 10.1 Å². The lowest BCUT2D eigenvalue weighted by atomic mass is 9.97. The number of likely N-dealkylation sites (tertiary alicyclic amines) is 1. The highest BCUT2D eigenvalue weighted by molar-refractivity contribution is 5.76. The lowest BCUT2D eigenvalue weighted by molar-refractivity contribution is -0.132. The summed E-state index contributed by atoms with van der Waals surface area (Å²) in [4.78, 5) is 19.0. The molecule has 3 rings (SSSR count). The van der Waals surface area contributed by atoms with Crippen LogP contribution in [-0.2, 0) is 11.3 Å². The van der Waals surface area contributed by atoms with E-state index in [4.69, 9.17) is 4.52 Å². The summed E-state index contributed by atoms with van der Waals surface area (Å²) in [6.07, 6.45) is 2.42. The molecule has 0 N–H and O–H groups in total. The third-order valence-electron chi connectivity index (χ3n) is 4.74. The fourth-order valence-corrected chi connectivity index (χ4v) is 3.31. The van der Waals surface area contributed by atoms with Crippen LogP contribution in [0.15, 0.2) is 10.6 Å². The zero-order valence-electron chi connectivity index (χ0n) is 15.5. The van der Waals surface area contributed by atoms with Crippen LogP contribution in [0.1, 0.15) is 68.0 Å². The lowest BCUT2D eigenvalue weighted by Crippen LogP contribution is -2.39. The number of hydrogen-bond donors (Lipinski definition) is 0. The molecular weight excluding hydrogens is 318 g/mol. The van der Waals surface area contributed by atoms with E-state index in [9.17, 15) is 4.79 Å². The Morgan fingerprint density at radius 2 is 2.20 bits per heavy atom. The Kier molecular flexibility index (Phi) is 5.20. The van der Waals surface area contributed by atoms with Crippen molar-refractivity contribution in [2.24, 2.45) is 0 Å². The van der Waals surface area contributed by atoms with E-state index in [0.717, 1.165) is 36.6 Å². The summed E-state index contributed by atoms with van der Waals surface area (Å²) in [5.41, 5.74) is 2.08. The van der Waals surface area contributed by atoms with Crippen LogP contribution in [0.2, 0.25) is 0 Å². The first-order chi connectivity index (χ1) is 11.9. The highest BCUT2D eigenvalue weighted by atomic mass is 16.5. The summed E-state index contributed by atoms with van der Waals surface area (Å²) < 4.78 is 7.33. The normalized spacial score (nSPS) is 18.1. The molecule has 0 radical (unpaired) electrons. The molecule has 0 unspecified atom stereocenters. The predicted octanol–water partition coefficient (Wildman–Crippen LogP) is 2.80. The highest BCUT2D eigenvalue weighted by Crippen LogP contribution is 2.27. The molecule has 0 spiro atoms. The smallest absolute Gasteiger partial charge is 0.231 e. The maximum atomic E-state index is 12.6. The van der Waals surface area contributed by atoms with Crippen LogP contribution >= 0.6 is 0 Å². The summed E-state index contributed by atoms with van der Waals surface area (Å²) in [6, 6.07) is 2.03. The Morgan fingerprint density at radius 3 is 2.84 bits per heavy atom. The summed E-state index contributed by atoms with van der Waals surface area (Å²) >= 11 is 0. The van der Waals surface area contributed by atoms with Gasteiger partial charge in [-0.3, -0.25) is 9.48 Å². The van der Waals surface area contributed by atoms with Gasteiger partial charge in [0.25, 0.3) is 0 Å². The maximum absolute atomic E-state index is 12.6. The molecule has 136 valence electrons. The molecule has 1 fully saturated rings. The van der Waals surface area contributed by atoms with Crippen LogP contribution in [0.3, 0.4) is 0 Å². The molecule has 7 heteroatoms. The quantitative estimate of drug-likeness (QED) is 0.833. The molecule has 1 aliphatic heterocycles. The van der Waals surface area contributed by atoms with Crippen molar-refractivity contribution in [1.29, 1.82) is 0 Å². The average Bonchev–Trinajstić information content (AvgIpc) is 3.19. The second kappa shape index (κ2) is 7.37. The number of hydrogen-bond acceptors (Lipinski definition) is 5. The molecule has 1 saturated heterocycles. The number of rotatable bonds is 5. The van der Waals surface area contributed by atoms with E-state index in [1.165, 1.54) is 0 Å². The van der Waals surface area contributed by atoms with Crippen molar-refractivity contribution in [2.45, 2.75) is 65.3 Å². The fraction of sp³-hybridized carbons (Fsp3) is 0.667. The van der Waals surface area contributed by atoms with Gasteiger partial charge in [0.1, 0.15) is 0 Å². The Bertz CT molecular complexity index is 734. The first-order valence-electron chi connectivity index (χ1n) is 9.06. The van der Waals surface area contributed by atoms with Crippen LogP contribution in [-0.4, -0.2) is 43.8 Å². The molecule has 0 aliphatic carbocycles. The minimum absolute atomic E-state index is 0.145. The molecule has 2 aromatic rings. The van der Waals surface area contributed by atoms with Gasteiger partial charge in [0.15, 0.2) is 5.82 Å². The van der Waals surface area contributed by atoms with E-state index < -0.39 is 0 Å². The molecule has 1 aliphatic rings. The van der Waals surface area contributed by atoms with Gasteiger partial charge in [0, 0.05) is 37.7 Å². The zero-order valence-corrected chi connectivity index (χ0v) is 15.5. The number of amides is 1. The molecular formula is C18H27N5O2. The van der Waals surface area contributed by atoms with Crippen LogP contribution in [0, 0.1) is 13.8 Å². The molecule has 0 bridgehead atoms. The average molecular weight is 345 g/mol. The third-order valence-corrected chi connectivity index (χ3v) is 4.74. The van der Waals surface area contributed by atoms with E-state index in [0.29, 0.717) is 25.4 Å². The van der Waals surface area contributed by atoms with Gasteiger partial charge in [0.2, 0.25) is 11.8 Å². The van der Waals surface area contributed by atoms with E-state index in [1.54, 1.807) is 0 Å². The van der Waals surface area contributed by atoms with E-state index in [2.05, 4.69) is 15.2 Å². The van der Waals surface area contributed by atoms with Crippen molar-refractivity contribution in [2.75, 3.05) is 13.1 Å². The van der Waals surface area contributed by atoms with Crippen molar-refractivity contribution in [3.8, 4) is 0 Å². The highest BCUT2D eigenvalue weighted by Gasteiger charge is 2.28. The Morgan fingerprint density at radius 1 is 1.40 bits per heavy atom. The van der Waals surface area contributed by atoms with Crippen molar-refractivity contribution < 1.29 is 9.32 Å². The van der Waals surface area contributed by atoms with Crippen molar-refractivity contribution in [1.82, 2.24) is 24.8 Å². The van der Waals surface area contributed by atoms with Crippen molar-refractivity contribution >= 4 is 5.91 Å². The first-order valence-corrected chi connectivity index (χ1v) is 9.06. The van der Waals surface area contributed by atoms with Gasteiger partial charge in [0.05, 0.1) is 11.6 Å². The summed E-state index contributed by atoms with van der Waals surface area (Å²) in [6.45, 7) is 10.2. The minimum Gasteiger partial charge on any atom is -0.342 e. The molecule has 2 aromatic heterocycles. The summed E-state index contributed by atoms with van der Waals surface area (Å²) in [5.74, 6) is 1.97. The maximum Gasteiger partial charge on any atom is 0.231 e. The summed E-state index contributed by atoms with van der Waals surface area (Å²) in [5, 5.41) is 8.47. The van der Waals surface area contributed by atoms with Crippen molar-refractivity contribution in [3.63, 3.8) is 0 Å². The molecule has 25 heavy (non-hydrogen) atoms. The van der Waals surface area contributed by atoms with Gasteiger partial charge in [-0.05, 0) is 32.8 Å². The molecule has 7 nitrogen and oxygen atoms in total. The summed E-state index contributed by atoms with van der Waals surface area (Å²) in [7, 11) is 0. The Labute approximate surface area is 148 Å². The number of carbonyl (C=O) groups excluding carboxylic acids is 1. The van der Waals surface area contributed by atoms with Crippen LogP contribution in [0.4, 0.5) is 0 Å². The monoisotopic (exact) mass is 345 g/mol. The molecule has 0 aromatic carbocycles. The largest absolute Gasteiger partial charge is 0.342 e. The molecule has 1 amide bonds. The molecule has 3 heterocycles. The topological polar surface area (TPSA) is 77.0 Å². The van der Waals surface area contributed by atoms with Gasteiger partial charge in [-0.1, -0.05) is 19.0 Å². The standard InChI is InChI=1S/C18H27N5O2/c1-12(2)17-19-18(25-21-17)15-6-5-8-22(11-15)16(24)7-9-23-14(4)10-13(3)20-23/h10,12,15H,5-9,11H2,1-4H3/t15-/m1/s1. The van der Waals surface area contributed by atoms with Gasteiger partial charge in [-0.15, -0.1) is 0 Å². The first kappa shape index (κ1) is 17.6. The predicted molar refractivity (Wildman–Crippen MR) is 93.3 cm³/mol. The lowest BCUT2D eigenvalue weighted by Gasteiger charge is -2.31. The van der Waals surface area contributed by atoms with Gasteiger partial charge in [-0.25, -0.2) is 0 Å². The molecule has 1 atom stereocenters. The Balaban J connectivity index is 1.58. The van der Waals surface area contributed by atoms with Crippen LogP contribution < -0.4 is 0 Å². The number of aryl methyl sites for hydroxylation is 3. The fourth-order valence-electron chi connectivity index (χ4n) is 3.31. The number of aromatic nitrogens is 4. The number of carbonyl (C=O) groups is 1. The minimum atomic E-state index is 0.145. The van der Waals surface area contributed by atoms with Crippen LogP contribution in [0.25, 0.3) is 0 Å². The second-order valence-electron chi connectivity index (χ2n) is 7.22. The SMILES string of the molecule is Cc1cc(C)n(CCC(=O)N2CCC[C@@H](c3nc(C(C)C)no3)C2)n1. The number of piperidine rings is 1. The van der Waals surface area contributed by atoms with Crippen molar-refractivity contribution in [3.05, 3.63) is 29.2 Å². The third kappa shape index (κ3) is 4.08. The van der Waals surface area contributed by atoms with Gasteiger partial charge < -0.3 is 9.42 Å². The Hall–Kier alpha value is -2.18.